The second kappa shape index (κ2) is 9.23. The number of carbonyl (C=O) groups is 3. The lowest BCUT2D eigenvalue weighted by molar-refractivity contribution is -0.135. The van der Waals surface area contributed by atoms with Crippen LogP contribution in [0.1, 0.15) is 50.5 Å². The summed E-state index contributed by atoms with van der Waals surface area (Å²) in [5.41, 5.74) is 1.30. The first-order valence-corrected chi connectivity index (χ1v) is 8.51. The van der Waals surface area contributed by atoms with Crippen molar-refractivity contribution < 1.29 is 14.4 Å². The van der Waals surface area contributed by atoms with Gasteiger partial charge in [-0.15, -0.1) is 0 Å². The van der Waals surface area contributed by atoms with Crippen LogP contribution < -0.4 is 0 Å². The average Bonchev–Trinajstić information content (AvgIpc) is 3.06. The number of ketones is 1. The van der Waals surface area contributed by atoms with Gasteiger partial charge in [-0.25, -0.2) is 0 Å². The predicted molar refractivity (Wildman–Crippen MR) is 89.0 cm³/mol. The molecule has 0 radical (unpaired) electrons. The number of carbonyl (C=O) groups excluding carboxylic acids is 3. The fourth-order valence-electron chi connectivity index (χ4n) is 3.05. The van der Waals surface area contributed by atoms with Gasteiger partial charge in [0.2, 0.25) is 5.91 Å². The fraction of sp³-hybridized carbons (Fsp3) is 0.526. The van der Waals surface area contributed by atoms with E-state index < -0.39 is 0 Å². The van der Waals surface area contributed by atoms with E-state index in [9.17, 15) is 14.4 Å². The Kier molecular flexibility index (Phi) is 6.98. The van der Waals surface area contributed by atoms with Gasteiger partial charge < -0.3 is 9.69 Å². The molecule has 1 fully saturated rings. The van der Waals surface area contributed by atoms with Crippen molar-refractivity contribution in [3.05, 3.63) is 35.9 Å². The van der Waals surface area contributed by atoms with E-state index in [1.807, 2.05) is 18.2 Å². The number of Topliss-reactive ketones (excluding diaryl/α,β-unsaturated/α-hetero) is 1. The Balaban J connectivity index is 1.59. The van der Waals surface area contributed by atoms with Gasteiger partial charge >= 0.3 is 0 Å². The predicted octanol–water partition coefficient (Wildman–Crippen LogP) is 2.94. The molecule has 0 N–H and O–H groups in total. The lowest BCUT2D eigenvalue weighted by Crippen LogP contribution is -2.36. The van der Waals surface area contributed by atoms with Crippen molar-refractivity contribution in [3.8, 4) is 0 Å². The molecule has 1 saturated heterocycles. The second-order valence-electron chi connectivity index (χ2n) is 6.16. The van der Waals surface area contributed by atoms with E-state index in [0.29, 0.717) is 19.4 Å². The van der Waals surface area contributed by atoms with Crippen LogP contribution in [0.2, 0.25) is 0 Å². The molecular formula is C19H25NO3. The summed E-state index contributed by atoms with van der Waals surface area (Å²) in [6, 6.07) is 9.97. The van der Waals surface area contributed by atoms with Gasteiger partial charge in [0, 0.05) is 25.8 Å². The lowest BCUT2D eigenvalue weighted by atomic mass is 10.0. The maximum absolute atomic E-state index is 12.0. The Hall–Kier alpha value is -1.97. The highest BCUT2D eigenvalue weighted by Gasteiger charge is 2.27. The molecular weight excluding hydrogens is 290 g/mol. The average molecular weight is 315 g/mol. The van der Waals surface area contributed by atoms with Crippen LogP contribution >= 0.6 is 0 Å². The van der Waals surface area contributed by atoms with E-state index >= 15 is 0 Å². The number of aldehydes is 1. The van der Waals surface area contributed by atoms with Gasteiger partial charge in [0.25, 0.3) is 0 Å². The highest BCUT2D eigenvalue weighted by atomic mass is 16.2. The van der Waals surface area contributed by atoms with Crippen molar-refractivity contribution in [2.45, 2.75) is 57.4 Å². The van der Waals surface area contributed by atoms with Crippen LogP contribution in [0.3, 0.4) is 0 Å². The van der Waals surface area contributed by atoms with Gasteiger partial charge in [0.05, 0.1) is 6.04 Å². The van der Waals surface area contributed by atoms with Gasteiger partial charge in [0.1, 0.15) is 12.1 Å². The van der Waals surface area contributed by atoms with Crippen molar-refractivity contribution in [2.24, 2.45) is 0 Å². The summed E-state index contributed by atoms with van der Waals surface area (Å²) in [5.74, 6) is 0.0884. The molecule has 0 bridgehead atoms. The fourth-order valence-corrected chi connectivity index (χ4v) is 3.05. The van der Waals surface area contributed by atoms with E-state index in [0.717, 1.165) is 38.4 Å². The number of unbranched alkanes of at least 4 members (excludes halogenated alkanes) is 1. The van der Waals surface area contributed by atoms with Gasteiger partial charge in [-0.05, 0) is 37.7 Å². The standard InChI is InChI=1S/C19H25NO3/c21-15-17-10-6-14-20(17)19(23)13-12-18(22)11-5-4-9-16-7-2-1-3-8-16/h1-3,7-8,15,17H,4-6,9-14H2/t17-/m0/s1. The van der Waals surface area contributed by atoms with Crippen LogP contribution in [0.25, 0.3) is 0 Å². The van der Waals surface area contributed by atoms with Gasteiger partial charge in [0.15, 0.2) is 0 Å². The topological polar surface area (TPSA) is 54.5 Å². The molecule has 1 heterocycles. The van der Waals surface area contributed by atoms with Crippen molar-refractivity contribution in [1.82, 2.24) is 4.90 Å². The second-order valence-corrected chi connectivity index (χ2v) is 6.16. The maximum Gasteiger partial charge on any atom is 0.223 e. The normalized spacial score (nSPS) is 17.2. The molecule has 0 spiro atoms. The Morgan fingerprint density at radius 2 is 1.87 bits per heavy atom. The summed E-state index contributed by atoms with van der Waals surface area (Å²) in [7, 11) is 0. The molecule has 0 unspecified atom stereocenters. The minimum atomic E-state index is -0.275. The summed E-state index contributed by atoms with van der Waals surface area (Å²) in [5, 5.41) is 0. The van der Waals surface area contributed by atoms with Crippen LogP contribution in [0.15, 0.2) is 30.3 Å². The van der Waals surface area contributed by atoms with Crippen molar-refractivity contribution in [2.75, 3.05) is 6.54 Å². The van der Waals surface area contributed by atoms with Crippen LogP contribution in [0, 0.1) is 0 Å². The molecule has 0 aliphatic carbocycles. The molecule has 1 aliphatic heterocycles. The number of likely N-dealkylation sites (tertiary alicyclic amines) is 1. The molecule has 4 heteroatoms. The van der Waals surface area contributed by atoms with Crippen molar-refractivity contribution in [3.63, 3.8) is 0 Å². The largest absolute Gasteiger partial charge is 0.333 e. The van der Waals surface area contributed by atoms with Gasteiger partial charge in [-0.3, -0.25) is 9.59 Å². The molecule has 4 nitrogen and oxygen atoms in total. The highest BCUT2D eigenvalue weighted by molar-refractivity contribution is 5.86. The number of nitrogens with zero attached hydrogens (tertiary/aromatic N) is 1. The minimum absolute atomic E-state index is 0.0581. The summed E-state index contributed by atoms with van der Waals surface area (Å²) < 4.78 is 0. The molecule has 23 heavy (non-hydrogen) atoms. The van der Waals surface area contributed by atoms with Gasteiger partial charge in [-0.1, -0.05) is 30.3 Å². The lowest BCUT2D eigenvalue weighted by Gasteiger charge is -2.20. The molecule has 124 valence electrons. The van der Waals surface area contributed by atoms with Crippen molar-refractivity contribution in [1.29, 1.82) is 0 Å². The summed E-state index contributed by atoms with van der Waals surface area (Å²) in [6.45, 7) is 0.646. The van der Waals surface area contributed by atoms with Crippen LogP contribution in [0.4, 0.5) is 0 Å². The van der Waals surface area contributed by atoms with E-state index in [1.165, 1.54) is 5.56 Å². The zero-order valence-corrected chi connectivity index (χ0v) is 13.6. The highest BCUT2D eigenvalue weighted by Crippen LogP contribution is 2.17. The Morgan fingerprint density at radius 1 is 1.09 bits per heavy atom. The first-order chi connectivity index (χ1) is 11.2. The van der Waals surface area contributed by atoms with E-state index in [1.54, 1.807) is 4.90 Å². The zero-order valence-electron chi connectivity index (χ0n) is 13.6. The van der Waals surface area contributed by atoms with Crippen LogP contribution in [-0.2, 0) is 20.8 Å². The Labute approximate surface area is 137 Å². The third-order valence-electron chi connectivity index (χ3n) is 4.41. The van der Waals surface area contributed by atoms with Crippen molar-refractivity contribution >= 4 is 18.0 Å². The van der Waals surface area contributed by atoms with Gasteiger partial charge in [-0.2, -0.15) is 0 Å². The molecule has 1 atom stereocenters. The zero-order chi connectivity index (χ0) is 16.5. The first kappa shape index (κ1) is 17.4. The Bertz CT molecular complexity index is 527. The number of rotatable bonds is 9. The van der Waals surface area contributed by atoms with E-state index in [2.05, 4.69) is 12.1 Å². The third kappa shape index (κ3) is 5.62. The molecule has 1 amide bonds. The van der Waals surface area contributed by atoms with E-state index in [4.69, 9.17) is 0 Å². The monoisotopic (exact) mass is 315 g/mol. The van der Waals surface area contributed by atoms with E-state index in [-0.39, 0.29) is 24.2 Å². The van der Waals surface area contributed by atoms with Crippen LogP contribution in [0.5, 0.6) is 0 Å². The molecule has 1 aromatic rings. The first-order valence-electron chi connectivity index (χ1n) is 8.51. The number of benzene rings is 1. The minimum Gasteiger partial charge on any atom is -0.333 e. The number of hydrogen-bond acceptors (Lipinski definition) is 3. The quantitative estimate of drug-likeness (QED) is 0.520. The third-order valence-corrected chi connectivity index (χ3v) is 4.41. The summed E-state index contributed by atoms with van der Waals surface area (Å²) in [6.07, 6.45) is 6.39. The summed E-state index contributed by atoms with van der Waals surface area (Å²) >= 11 is 0. The maximum atomic E-state index is 12.0. The number of amides is 1. The number of hydrogen-bond donors (Lipinski definition) is 0. The summed E-state index contributed by atoms with van der Waals surface area (Å²) in [4.78, 5) is 36.4. The number of aryl methyl sites for hydroxylation is 1. The molecule has 1 aliphatic rings. The Morgan fingerprint density at radius 3 is 2.61 bits per heavy atom. The molecule has 2 rings (SSSR count). The smallest absolute Gasteiger partial charge is 0.223 e. The molecule has 0 aromatic heterocycles. The molecule has 1 aromatic carbocycles. The van der Waals surface area contributed by atoms with Crippen LogP contribution in [-0.4, -0.2) is 35.5 Å². The molecule has 0 saturated carbocycles. The SMILES string of the molecule is O=C[C@@H]1CCCN1C(=O)CCC(=O)CCCCc1ccccc1.